The zero-order valence-electron chi connectivity index (χ0n) is 13.1. The lowest BCUT2D eigenvalue weighted by Gasteiger charge is -2.19. The van der Waals surface area contributed by atoms with Gasteiger partial charge >= 0.3 is 6.03 Å². The number of imide groups is 1. The second-order valence-electron chi connectivity index (χ2n) is 5.08. The lowest BCUT2D eigenvalue weighted by molar-refractivity contribution is -0.121. The SMILES string of the molecule is O=C(COc1ccccc1F)NC(=O)Nc1ccc2c(c1)OCCO2. The third-order valence-electron chi connectivity index (χ3n) is 3.25. The van der Waals surface area contributed by atoms with Gasteiger partial charge in [0.15, 0.2) is 29.7 Å². The van der Waals surface area contributed by atoms with Crippen molar-refractivity contribution in [3.8, 4) is 17.2 Å². The summed E-state index contributed by atoms with van der Waals surface area (Å²) in [6.45, 7) is 0.404. The lowest BCUT2D eigenvalue weighted by Crippen LogP contribution is -2.37. The molecule has 3 rings (SSSR count). The summed E-state index contributed by atoms with van der Waals surface area (Å²) in [5.41, 5.74) is 0.435. The summed E-state index contributed by atoms with van der Waals surface area (Å²) in [6, 6.07) is 9.81. The van der Waals surface area contributed by atoms with Crippen molar-refractivity contribution < 1.29 is 28.2 Å². The Labute approximate surface area is 142 Å². The first kappa shape index (κ1) is 16.6. The van der Waals surface area contributed by atoms with Crippen LogP contribution in [-0.2, 0) is 4.79 Å². The summed E-state index contributed by atoms with van der Waals surface area (Å²) in [6.07, 6.45) is 0. The van der Waals surface area contributed by atoms with Crippen LogP contribution in [0.15, 0.2) is 42.5 Å². The van der Waals surface area contributed by atoms with E-state index in [0.717, 1.165) is 0 Å². The molecule has 0 fully saturated rings. The van der Waals surface area contributed by atoms with Gasteiger partial charge in [0.1, 0.15) is 13.2 Å². The largest absolute Gasteiger partial charge is 0.486 e. The van der Waals surface area contributed by atoms with Crippen LogP contribution in [0.1, 0.15) is 0 Å². The van der Waals surface area contributed by atoms with Crippen molar-refractivity contribution in [2.45, 2.75) is 0 Å². The quantitative estimate of drug-likeness (QED) is 0.887. The Balaban J connectivity index is 1.50. The van der Waals surface area contributed by atoms with E-state index in [9.17, 15) is 14.0 Å². The van der Waals surface area contributed by atoms with E-state index in [4.69, 9.17) is 14.2 Å². The third kappa shape index (κ3) is 4.37. The summed E-state index contributed by atoms with van der Waals surface area (Å²) in [7, 11) is 0. The Kier molecular flexibility index (Phi) is 4.98. The molecule has 1 aliphatic heterocycles. The summed E-state index contributed by atoms with van der Waals surface area (Å²) < 4.78 is 29.2. The van der Waals surface area contributed by atoms with Gasteiger partial charge in [0, 0.05) is 11.8 Å². The number of rotatable bonds is 4. The Morgan fingerprint density at radius 1 is 1.08 bits per heavy atom. The molecular formula is C17H15FN2O5. The maximum absolute atomic E-state index is 13.4. The zero-order chi connectivity index (χ0) is 17.6. The fourth-order valence-corrected chi connectivity index (χ4v) is 2.15. The molecule has 2 aromatic carbocycles. The topological polar surface area (TPSA) is 85.9 Å². The minimum Gasteiger partial charge on any atom is -0.486 e. The summed E-state index contributed by atoms with van der Waals surface area (Å²) in [5.74, 6) is -0.260. The smallest absolute Gasteiger partial charge is 0.325 e. The van der Waals surface area contributed by atoms with Crippen LogP contribution in [0.4, 0.5) is 14.9 Å². The Hall–Kier alpha value is -3.29. The lowest BCUT2D eigenvalue weighted by atomic mass is 10.2. The standard InChI is InChI=1S/C17H15FN2O5/c18-12-3-1-2-4-13(12)25-10-16(21)20-17(22)19-11-5-6-14-15(9-11)24-8-7-23-14/h1-6,9H,7-8,10H2,(H2,19,20,21,22). The molecule has 0 saturated carbocycles. The van der Waals surface area contributed by atoms with Crippen LogP contribution < -0.4 is 24.8 Å². The highest BCUT2D eigenvalue weighted by Gasteiger charge is 2.14. The second kappa shape index (κ2) is 7.52. The Morgan fingerprint density at radius 2 is 1.84 bits per heavy atom. The number of hydrogen-bond acceptors (Lipinski definition) is 5. The number of nitrogens with one attached hydrogen (secondary N) is 2. The normalized spacial score (nSPS) is 12.2. The molecule has 2 aromatic rings. The number of halogens is 1. The van der Waals surface area contributed by atoms with Crippen LogP contribution >= 0.6 is 0 Å². The first-order valence-corrected chi connectivity index (χ1v) is 7.49. The summed E-state index contributed by atoms with van der Waals surface area (Å²) in [5, 5.41) is 4.59. The first-order valence-electron chi connectivity index (χ1n) is 7.49. The van der Waals surface area contributed by atoms with Crippen LogP contribution in [0.2, 0.25) is 0 Å². The van der Waals surface area contributed by atoms with Gasteiger partial charge in [0.2, 0.25) is 0 Å². The number of fused-ring (bicyclic) bond motifs is 1. The van der Waals surface area contributed by atoms with E-state index in [1.165, 1.54) is 18.2 Å². The zero-order valence-corrected chi connectivity index (χ0v) is 13.1. The van der Waals surface area contributed by atoms with Gasteiger partial charge in [0.25, 0.3) is 5.91 Å². The van der Waals surface area contributed by atoms with Crippen LogP contribution in [-0.4, -0.2) is 31.8 Å². The van der Waals surface area contributed by atoms with Crippen molar-refractivity contribution in [1.29, 1.82) is 0 Å². The molecule has 0 spiro atoms. The molecular weight excluding hydrogens is 331 g/mol. The van der Waals surface area contributed by atoms with Crippen LogP contribution in [0.3, 0.4) is 0 Å². The first-order chi connectivity index (χ1) is 12.1. The molecule has 25 heavy (non-hydrogen) atoms. The van der Waals surface area contributed by atoms with Gasteiger partial charge in [-0.2, -0.15) is 0 Å². The van der Waals surface area contributed by atoms with Gasteiger partial charge in [-0.05, 0) is 24.3 Å². The molecule has 3 amide bonds. The molecule has 1 heterocycles. The number of para-hydroxylation sites is 1. The van der Waals surface area contributed by atoms with Gasteiger partial charge in [-0.1, -0.05) is 12.1 Å². The van der Waals surface area contributed by atoms with E-state index < -0.39 is 24.4 Å². The average Bonchev–Trinajstić information content (AvgIpc) is 2.61. The maximum Gasteiger partial charge on any atom is 0.325 e. The molecule has 7 nitrogen and oxygen atoms in total. The van der Waals surface area contributed by atoms with Crippen molar-refractivity contribution in [3.63, 3.8) is 0 Å². The van der Waals surface area contributed by atoms with Crippen molar-refractivity contribution in [2.75, 3.05) is 25.1 Å². The van der Waals surface area contributed by atoms with E-state index in [0.29, 0.717) is 30.4 Å². The van der Waals surface area contributed by atoms with E-state index in [2.05, 4.69) is 10.6 Å². The molecule has 0 aromatic heterocycles. The predicted octanol–water partition coefficient (Wildman–Crippen LogP) is 2.32. The number of ether oxygens (including phenoxy) is 3. The monoisotopic (exact) mass is 346 g/mol. The molecule has 130 valence electrons. The number of amides is 3. The fraction of sp³-hybridized carbons (Fsp3) is 0.176. The van der Waals surface area contributed by atoms with Crippen molar-refractivity contribution in [2.24, 2.45) is 0 Å². The van der Waals surface area contributed by atoms with E-state index in [1.807, 2.05) is 0 Å². The Morgan fingerprint density at radius 3 is 2.64 bits per heavy atom. The van der Waals surface area contributed by atoms with Gasteiger partial charge in [-0.3, -0.25) is 10.1 Å². The molecule has 0 bridgehead atoms. The minimum absolute atomic E-state index is 0.0649. The fourth-order valence-electron chi connectivity index (χ4n) is 2.15. The van der Waals surface area contributed by atoms with Crippen LogP contribution in [0, 0.1) is 5.82 Å². The average molecular weight is 346 g/mol. The van der Waals surface area contributed by atoms with Crippen LogP contribution in [0.25, 0.3) is 0 Å². The molecule has 0 unspecified atom stereocenters. The minimum atomic E-state index is -0.737. The van der Waals surface area contributed by atoms with Crippen molar-refractivity contribution >= 4 is 17.6 Å². The summed E-state index contributed by atoms with van der Waals surface area (Å²) >= 11 is 0. The van der Waals surface area contributed by atoms with Gasteiger partial charge in [0.05, 0.1) is 0 Å². The molecule has 0 aliphatic carbocycles. The Bertz CT molecular complexity index is 796. The van der Waals surface area contributed by atoms with E-state index in [1.54, 1.807) is 24.3 Å². The number of urea groups is 1. The maximum atomic E-state index is 13.4. The molecule has 0 saturated heterocycles. The molecule has 0 atom stereocenters. The molecule has 1 aliphatic rings. The number of hydrogen-bond donors (Lipinski definition) is 2. The number of carbonyl (C=O) groups is 2. The number of carbonyl (C=O) groups excluding carboxylic acids is 2. The number of benzene rings is 2. The van der Waals surface area contributed by atoms with Gasteiger partial charge in [-0.15, -0.1) is 0 Å². The highest BCUT2D eigenvalue weighted by Crippen LogP contribution is 2.32. The van der Waals surface area contributed by atoms with Crippen LogP contribution in [0.5, 0.6) is 17.2 Å². The predicted molar refractivity (Wildman–Crippen MR) is 86.5 cm³/mol. The highest BCUT2D eigenvalue weighted by molar-refractivity contribution is 6.01. The summed E-state index contributed by atoms with van der Waals surface area (Å²) in [4.78, 5) is 23.5. The highest BCUT2D eigenvalue weighted by atomic mass is 19.1. The second-order valence-corrected chi connectivity index (χ2v) is 5.08. The number of anilines is 1. The molecule has 0 radical (unpaired) electrons. The molecule has 8 heteroatoms. The van der Waals surface area contributed by atoms with E-state index >= 15 is 0 Å². The third-order valence-corrected chi connectivity index (χ3v) is 3.25. The van der Waals surface area contributed by atoms with Crippen molar-refractivity contribution in [3.05, 3.63) is 48.3 Å². The molecule has 2 N–H and O–H groups in total. The van der Waals surface area contributed by atoms with Crippen molar-refractivity contribution in [1.82, 2.24) is 5.32 Å². The van der Waals surface area contributed by atoms with Gasteiger partial charge in [-0.25, -0.2) is 9.18 Å². The van der Waals surface area contributed by atoms with Gasteiger partial charge < -0.3 is 19.5 Å². The van der Waals surface area contributed by atoms with E-state index in [-0.39, 0.29) is 5.75 Å².